The number of anilines is 1. The second kappa shape index (κ2) is 5.85. The third-order valence-corrected chi connectivity index (χ3v) is 4.01. The molecule has 0 spiro atoms. The van der Waals surface area contributed by atoms with Crippen LogP contribution in [0.25, 0.3) is 22.8 Å². The van der Waals surface area contributed by atoms with Crippen LogP contribution in [0.1, 0.15) is 0 Å². The van der Waals surface area contributed by atoms with Crippen molar-refractivity contribution < 1.29 is 0 Å². The van der Waals surface area contributed by atoms with Crippen LogP contribution >= 0.6 is 15.9 Å². The van der Waals surface area contributed by atoms with Crippen molar-refractivity contribution in [3.05, 3.63) is 60.0 Å². The molecule has 4 heterocycles. The molecule has 118 valence electrons. The Balaban J connectivity index is 1.70. The number of rotatable bonds is 3. The predicted octanol–water partition coefficient (Wildman–Crippen LogP) is 2.25. The number of nitrogens with zero attached hydrogens (tertiary/aromatic N) is 7. The van der Waals surface area contributed by atoms with E-state index >= 15 is 0 Å². The summed E-state index contributed by atoms with van der Waals surface area (Å²) in [6.45, 7) is 0. The van der Waals surface area contributed by atoms with E-state index in [1.54, 1.807) is 40.3 Å². The van der Waals surface area contributed by atoms with E-state index in [-0.39, 0.29) is 0 Å². The lowest BCUT2D eigenvalue weighted by atomic mass is 10.1. The van der Waals surface area contributed by atoms with Gasteiger partial charge in [-0.2, -0.15) is 15.2 Å². The molecule has 0 unspecified atom stereocenters. The van der Waals surface area contributed by atoms with Gasteiger partial charge < -0.3 is 5.73 Å². The van der Waals surface area contributed by atoms with Crippen molar-refractivity contribution in [3.63, 3.8) is 0 Å². The van der Waals surface area contributed by atoms with Crippen molar-refractivity contribution in [2.75, 3.05) is 5.73 Å². The fraction of sp³-hybridized carbons (Fsp3) is 0. The zero-order chi connectivity index (χ0) is 16.5. The number of halogens is 1. The van der Waals surface area contributed by atoms with E-state index in [9.17, 15) is 0 Å². The topological polar surface area (TPSA) is 100 Å². The molecule has 0 aliphatic carbocycles. The highest BCUT2D eigenvalue weighted by molar-refractivity contribution is 9.10. The van der Waals surface area contributed by atoms with E-state index in [0.717, 1.165) is 15.7 Å². The normalized spacial score (nSPS) is 10.9. The number of nitrogens with two attached hydrogens (primary N) is 1. The Morgan fingerprint density at radius 1 is 0.958 bits per heavy atom. The lowest BCUT2D eigenvalue weighted by Crippen LogP contribution is -2.09. The molecule has 2 N–H and O–H groups in total. The van der Waals surface area contributed by atoms with E-state index in [1.807, 2.05) is 24.4 Å². The van der Waals surface area contributed by atoms with Gasteiger partial charge in [0, 0.05) is 24.2 Å². The fourth-order valence-corrected chi connectivity index (χ4v) is 2.64. The number of pyridine rings is 1. The van der Waals surface area contributed by atoms with E-state index in [4.69, 9.17) is 5.73 Å². The monoisotopic (exact) mass is 382 g/mol. The summed E-state index contributed by atoms with van der Waals surface area (Å²) in [5.74, 6) is 0.699. The van der Waals surface area contributed by atoms with Crippen molar-refractivity contribution in [3.8, 4) is 22.8 Å². The fourth-order valence-electron chi connectivity index (χ4n) is 2.24. The van der Waals surface area contributed by atoms with Crippen LogP contribution in [0.4, 0.5) is 5.82 Å². The molecule has 0 saturated heterocycles. The first-order chi connectivity index (χ1) is 11.7. The maximum atomic E-state index is 6.05. The first kappa shape index (κ1) is 14.5. The molecule has 4 aromatic rings. The molecule has 0 fully saturated rings. The minimum atomic E-state index is 0.311. The molecule has 0 amide bonds. The Morgan fingerprint density at radius 3 is 2.50 bits per heavy atom. The summed E-state index contributed by atoms with van der Waals surface area (Å²) in [5.41, 5.74) is 8.61. The van der Waals surface area contributed by atoms with Gasteiger partial charge in [-0.25, -0.2) is 14.3 Å². The Hall–Kier alpha value is -3.07. The summed E-state index contributed by atoms with van der Waals surface area (Å²) >= 11 is 3.40. The molecule has 0 aromatic carbocycles. The number of hydrogen-bond donors (Lipinski definition) is 1. The van der Waals surface area contributed by atoms with Crippen LogP contribution in [0.15, 0.2) is 60.0 Å². The highest BCUT2D eigenvalue weighted by Gasteiger charge is 2.11. The molecule has 0 saturated carbocycles. The van der Waals surface area contributed by atoms with E-state index in [2.05, 4.69) is 41.1 Å². The average molecular weight is 383 g/mol. The highest BCUT2D eigenvalue weighted by atomic mass is 79.9. The molecule has 24 heavy (non-hydrogen) atoms. The number of aromatic nitrogens is 7. The Labute approximate surface area is 145 Å². The summed E-state index contributed by atoms with van der Waals surface area (Å²) in [5, 5.41) is 8.47. The van der Waals surface area contributed by atoms with Crippen LogP contribution in [-0.2, 0) is 0 Å². The van der Waals surface area contributed by atoms with Gasteiger partial charge in [0.1, 0.15) is 10.3 Å². The van der Waals surface area contributed by atoms with E-state index in [0.29, 0.717) is 17.5 Å². The van der Waals surface area contributed by atoms with Gasteiger partial charge >= 0.3 is 0 Å². The predicted molar refractivity (Wildman–Crippen MR) is 91.6 cm³/mol. The summed E-state index contributed by atoms with van der Waals surface area (Å²) < 4.78 is 3.96. The molecule has 0 atom stereocenters. The quantitative estimate of drug-likeness (QED) is 0.583. The zero-order valence-electron chi connectivity index (χ0n) is 12.3. The zero-order valence-corrected chi connectivity index (χ0v) is 13.9. The molecule has 8 nitrogen and oxygen atoms in total. The summed E-state index contributed by atoms with van der Waals surface area (Å²) in [6.07, 6.45) is 10.3. The van der Waals surface area contributed by atoms with Gasteiger partial charge in [0.25, 0.3) is 5.95 Å². The number of hydrogen-bond acceptors (Lipinski definition) is 6. The van der Waals surface area contributed by atoms with Crippen LogP contribution in [0.2, 0.25) is 0 Å². The van der Waals surface area contributed by atoms with Crippen molar-refractivity contribution in [2.45, 2.75) is 0 Å². The molecule has 0 aliphatic rings. The van der Waals surface area contributed by atoms with Gasteiger partial charge in [0.15, 0.2) is 5.82 Å². The van der Waals surface area contributed by atoms with Crippen molar-refractivity contribution >= 4 is 21.7 Å². The molecule has 0 radical (unpaired) electrons. The first-order valence-electron chi connectivity index (χ1n) is 7.00. The lowest BCUT2D eigenvalue weighted by Gasteiger charge is -2.07. The van der Waals surface area contributed by atoms with Crippen molar-refractivity contribution in [2.24, 2.45) is 0 Å². The minimum Gasteiger partial charge on any atom is -0.382 e. The standard InChI is InChI=1S/C15H11BrN8/c16-13-3-6-20-24(13)12-8-19-15(22-14(12)17)23-9-11(7-21-23)10-1-4-18-5-2-10/h1-9H,(H2,17,19,22). The Morgan fingerprint density at radius 2 is 1.79 bits per heavy atom. The van der Waals surface area contributed by atoms with Crippen molar-refractivity contribution in [1.29, 1.82) is 0 Å². The minimum absolute atomic E-state index is 0.311. The lowest BCUT2D eigenvalue weighted by molar-refractivity contribution is 0.793. The first-order valence-corrected chi connectivity index (χ1v) is 7.79. The SMILES string of the molecule is Nc1nc(-n2cc(-c3ccncc3)cn2)ncc1-n1nccc1Br. The van der Waals surface area contributed by atoms with Gasteiger partial charge in [-0.3, -0.25) is 4.98 Å². The molecule has 0 bridgehead atoms. The molecular formula is C15H11BrN8. The molecule has 4 rings (SSSR count). The van der Waals surface area contributed by atoms with E-state index in [1.165, 1.54) is 0 Å². The van der Waals surface area contributed by atoms with Gasteiger partial charge in [0.2, 0.25) is 0 Å². The third kappa shape index (κ3) is 2.54. The van der Waals surface area contributed by atoms with Crippen LogP contribution in [0.3, 0.4) is 0 Å². The Kier molecular flexibility index (Phi) is 3.54. The largest absolute Gasteiger partial charge is 0.382 e. The van der Waals surface area contributed by atoms with Gasteiger partial charge in [-0.05, 0) is 39.7 Å². The van der Waals surface area contributed by atoms with Crippen LogP contribution in [0.5, 0.6) is 0 Å². The van der Waals surface area contributed by atoms with Crippen molar-refractivity contribution in [1.82, 2.24) is 34.5 Å². The Bertz CT molecular complexity index is 992. The second-order valence-corrected chi connectivity index (χ2v) is 5.73. The van der Waals surface area contributed by atoms with Crippen LogP contribution in [0, 0.1) is 0 Å². The van der Waals surface area contributed by atoms with Gasteiger partial charge in [-0.15, -0.1) is 0 Å². The van der Waals surface area contributed by atoms with Crippen LogP contribution in [-0.4, -0.2) is 34.5 Å². The molecule has 0 aliphatic heterocycles. The average Bonchev–Trinajstić information content (AvgIpc) is 3.25. The summed E-state index contributed by atoms with van der Waals surface area (Å²) in [7, 11) is 0. The van der Waals surface area contributed by atoms with Gasteiger partial charge in [-0.1, -0.05) is 0 Å². The van der Waals surface area contributed by atoms with Gasteiger partial charge in [0.05, 0.1) is 18.6 Å². The van der Waals surface area contributed by atoms with E-state index < -0.39 is 0 Å². The molecule has 4 aromatic heterocycles. The maximum absolute atomic E-state index is 6.05. The summed E-state index contributed by atoms with van der Waals surface area (Å²) in [6, 6.07) is 5.63. The maximum Gasteiger partial charge on any atom is 0.252 e. The highest BCUT2D eigenvalue weighted by Crippen LogP contribution is 2.21. The smallest absolute Gasteiger partial charge is 0.252 e. The summed E-state index contributed by atoms with van der Waals surface area (Å²) in [4.78, 5) is 12.7. The molecular weight excluding hydrogens is 372 g/mol. The third-order valence-electron chi connectivity index (χ3n) is 3.41. The van der Waals surface area contributed by atoms with Crippen LogP contribution < -0.4 is 5.73 Å². The molecule has 9 heteroatoms. The number of nitrogen functional groups attached to an aromatic ring is 1. The second-order valence-electron chi connectivity index (χ2n) is 4.92.